The molecule has 1 aromatic heterocycles. The zero-order chi connectivity index (χ0) is 13.2. The molecule has 100 valence electrons. The van der Waals surface area contributed by atoms with Gasteiger partial charge in [-0.1, -0.05) is 18.2 Å². The highest BCUT2D eigenvalue weighted by Crippen LogP contribution is 2.36. The van der Waals surface area contributed by atoms with Crippen molar-refractivity contribution in [1.29, 1.82) is 0 Å². The summed E-state index contributed by atoms with van der Waals surface area (Å²) in [4.78, 5) is 2.35. The van der Waals surface area contributed by atoms with Crippen molar-refractivity contribution in [1.82, 2.24) is 0 Å². The summed E-state index contributed by atoms with van der Waals surface area (Å²) in [5, 5.41) is 9.93. The lowest BCUT2D eigenvalue weighted by atomic mass is 10.1. The summed E-state index contributed by atoms with van der Waals surface area (Å²) in [6.07, 6.45) is 3.69. The lowest BCUT2D eigenvalue weighted by Gasteiger charge is -2.27. The summed E-state index contributed by atoms with van der Waals surface area (Å²) in [5.41, 5.74) is 2.11. The van der Waals surface area contributed by atoms with Crippen LogP contribution in [0.3, 0.4) is 0 Å². The minimum Gasteiger partial charge on any atom is -0.467 e. The molecule has 0 amide bonds. The quantitative estimate of drug-likeness (QED) is 0.890. The van der Waals surface area contributed by atoms with Crippen LogP contribution in [-0.4, -0.2) is 11.1 Å². The van der Waals surface area contributed by atoms with E-state index in [1.54, 1.807) is 6.26 Å². The highest BCUT2D eigenvalue weighted by atomic mass is 16.3. The summed E-state index contributed by atoms with van der Waals surface area (Å²) in [5.74, 6) is 0.965. The molecule has 19 heavy (non-hydrogen) atoms. The van der Waals surface area contributed by atoms with Crippen molar-refractivity contribution in [3.05, 3.63) is 54.0 Å². The van der Waals surface area contributed by atoms with Crippen molar-refractivity contribution < 1.29 is 9.52 Å². The van der Waals surface area contributed by atoms with Crippen LogP contribution in [0.25, 0.3) is 0 Å². The van der Waals surface area contributed by atoms with Gasteiger partial charge < -0.3 is 14.4 Å². The lowest BCUT2D eigenvalue weighted by Crippen LogP contribution is -2.26. The second-order valence-corrected chi connectivity index (χ2v) is 5.17. The Hall–Kier alpha value is -1.74. The van der Waals surface area contributed by atoms with E-state index in [0.29, 0.717) is 6.04 Å². The molecule has 1 aromatic carbocycles. The third-order valence-electron chi connectivity index (χ3n) is 3.59. The first-order valence-corrected chi connectivity index (χ1v) is 6.81. The van der Waals surface area contributed by atoms with E-state index in [4.69, 9.17) is 4.42 Å². The van der Waals surface area contributed by atoms with Gasteiger partial charge in [0.25, 0.3) is 0 Å². The molecule has 0 bridgehead atoms. The minimum atomic E-state index is -0.450. The SMILES string of the molecule is C[C@H](O)c1ccccc1N(Cc1ccco1)C1CC1. The van der Waals surface area contributed by atoms with Crippen molar-refractivity contribution in [3.8, 4) is 0 Å². The Bertz CT molecular complexity index is 529. The number of rotatable bonds is 5. The van der Waals surface area contributed by atoms with Crippen LogP contribution in [-0.2, 0) is 6.54 Å². The van der Waals surface area contributed by atoms with E-state index in [9.17, 15) is 5.11 Å². The van der Waals surface area contributed by atoms with E-state index in [1.807, 2.05) is 37.3 Å². The van der Waals surface area contributed by atoms with E-state index in [0.717, 1.165) is 23.6 Å². The number of benzene rings is 1. The van der Waals surface area contributed by atoms with E-state index in [1.165, 1.54) is 12.8 Å². The molecule has 0 spiro atoms. The number of anilines is 1. The third kappa shape index (κ3) is 2.66. The predicted molar refractivity (Wildman–Crippen MR) is 75.0 cm³/mol. The van der Waals surface area contributed by atoms with Crippen LogP contribution in [0.15, 0.2) is 47.1 Å². The normalized spacial score (nSPS) is 16.3. The van der Waals surface area contributed by atoms with Gasteiger partial charge in [0.15, 0.2) is 0 Å². The van der Waals surface area contributed by atoms with Crippen LogP contribution in [0.4, 0.5) is 5.69 Å². The number of furan rings is 1. The van der Waals surface area contributed by atoms with Crippen LogP contribution in [0.5, 0.6) is 0 Å². The second-order valence-electron chi connectivity index (χ2n) is 5.17. The number of nitrogens with zero attached hydrogens (tertiary/aromatic N) is 1. The highest BCUT2D eigenvalue weighted by Gasteiger charge is 2.31. The zero-order valence-corrected chi connectivity index (χ0v) is 11.1. The van der Waals surface area contributed by atoms with Gasteiger partial charge in [0, 0.05) is 17.3 Å². The molecular weight excluding hydrogens is 238 g/mol. The molecule has 3 rings (SSSR count). The summed E-state index contributed by atoms with van der Waals surface area (Å²) in [6.45, 7) is 2.58. The summed E-state index contributed by atoms with van der Waals surface area (Å²) < 4.78 is 5.46. The summed E-state index contributed by atoms with van der Waals surface area (Å²) in [6, 6.07) is 12.6. The Kier molecular flexibility index (Phi) is 3.30. The standard InChI is InChI=1S/C16H19NO2/c1-12(18)15-6-2-3-7-16(15)17(13-8-9-13)11-14-5-4-10-19-14/h2-7,10,12-13,18H,8-9,11H2,1H3/t12-/m0/s1. The number of aliphatic hydroxyl groups excluding tert-OH is 1. The molecule has 1 aliphatic carbocycles. The van der Waals surface area contributed by atoms with E-state index in [2.05, 4.69) is 11.0 Å². The van der Waals surface area contributed by atoms with Crippen molar-refractivity contribution in [2.75, 3.05) is 4.90 Å². The molecule has 1 saturated carbocycles. The highest BCUT2D eigenvalue weighted by molar-refractivity contribution is 5.56. The Labute approximate surface area is 113 Å². The lowest BCUT2D eigenvalue weighted by molar-refractivity contribution is 0.199. The van der Waals surface area contributed by atoms with Crippen LogP contribution < -0.4 is 4.90 Å². The molecule has 0 saturated heterocycles. The summed E-state index contributed by atoms with van der Waals surface area (Å²) in [7, 11) is 0. The Morgan fingerprint density at radius 1 is 1.26 bits per heavy atom. The molecular formula is C16H19NO2. The Morgan fingerprint density at radius 3 is 2.68 bits per heavy atom. The number of aliphatic hydroxyl groups is 1. The van der Waals surface area contributed by atoms with Gasteiger partial charge in [0.2, 0.25) is 0 Å². The first kappa shape index (κ1) is 12.3. The Balaban J connectivity index is 1.92. The molecule has 3 nitrogen and oxygen atoms in total. The first-order chi connectivity index (χ1) is 9.25. The van der Waals surface area contributed by atoms with E-state index < -0.39 is 6.10 Å². The maximum absolute atomic E-state index is 9.93. The molecule has 1 heterocycles. The number of hydrogen-bond donors (Lipinski definition) is 1. The molecule has 0 unspecified atom stereocenters. The van der Waals surface area contributed by atoms with Gasteiger partial charge in [-0.2, -0.15) is 0 Å². The van der Waals surface area contributed by atoms with Crippen molar-refractivity contribution in [3.63, 3.8) is 0 Å². The molecule has 0 aliphatic heterocycles. The third-order valence-corrected chi connectivity index (χ3v) is 3.59. The molecule has 1 N–H and O–H groups in total. The molecule has 1 aliphatic rings. The van der Waals surface area contributed by atoms with E-state index >= 15 is 0 Å². The number of hydrogen-bond acceptors (Lipinski definition) is 3. The fraction of sp³-hybridized carbons (Fsp3) is 0.375. The predicted octanol–water partition coefficient (Wildman–Crippen LogP) is 3.50. The van der Waals surface area contributed by atoms with Gasteiger partial charge in [-0.15, -0.1) is 0 Å². The molecule has 3 heteroatoms. The fourth-order valence-corrected chi connectivity index (χ4v) is 2.47. The zero-order valence-electron chi connectivity index (χ0n) is 11.1. The van der Waals surface area contributed by atoms with Crippen LogP contribution in [0.2, 0.25) is 0 Å². The van der Waals surface area contributed by atoms with Crippen molar-refractivity contribution in [2.45, 2.75) is 38.5 Å². The average Bonchev–Trinajstić information content (AvgIpc) is 3.13. The first-order valence-electron chi connectivity index (χ1n) is 6.81. The van der Waals surface area contributed by atoms with Gasteiger partial charge in [0.1, 0.15) is 5.76 Å². The smallest absolute Gasteiger partial charge is 0.123 e. The Morgan fingerprint density at radius 2 is 2.05 bits per heavy atom. The van der Waals surface area contributed by atoms with Gasteiger partial charge in [-0.05, 0) is 38.0 Å². The molecule has 0 radical (unpaired) electrons. The van der Waals surface area contributed by atoms with Gasteiger partial charge in [0.05, 0.1) is 18.9 Å². The van der Waals surface area contributed by atoms with Crippen LogP contribution in [0.1, 0.15) is 37.2 Å². The summed E-state index contributed by atoms with van der Waals surface area (Å²) >= 11 is 0. The topological polar surface area (TPSA) is 36.6 Å². The fourth-order valence-electron chi connectivity index (χ4n) is 2.47. The van der Waals surface area contributed by atoms with Crippen LogP contribution >= 0.6 is 0 Å². The maximum atomic E-state index is 9.93. The second kappa shape index (κ2) is 5.10. The molecule has 1 fully saturated rings. The number of para-hydroxylation sites is 1. The monoisotopic (exact) mass is 257 g/mol. The van der Waals surface area contributed by atoms with Crippen molar-refractivity contribution >= 4 is 5.69 Å². The maximum Gasteiger partial charge on any atom is 0.123 e. The minimum absolute atomic E-state index is 0.450. The molecule has 1 atom stereocenters. The van der Waals surface area contributed by atoms with Crippen LogP contribution in [0, 0.1) is 0 Å². The largest absolute Gasteiger partial charge is 0.467 e. The average molecular weight is 257 g/mol. The van der Waals surface area contributed by atoms with Gasteiger partial charge in [-0.25, -0.2) is 0 Å². The van der Waals surface area contributed by atoms with Crippen molar-refractivity contribution in [2.24, 2.45) is 0 Å². The van der Waals surface area contributed by atoms with Gasteiger partial charge >= 0.3 is 0 Å². The molecule has 2 aromatic rings. The van der Waals surface area contributed by atoms with Gasteiger partial charge in [-0.3, -0.25) is 0 Å². The van der Waals surface area contributed by atoms with E-state index in [-0.39, 0.29) is 0 Å².